The smallest absolute Gasteiger partial charge is 0.0808 e. The molecule has 1 saturated carbocycles. The first-order chi connectivity index (χ1) is 6.74. The number of nitrogens with zero attached hydrogens (tertiary/aromatic N) is 1. The van der Waals surface area contributed by atoms with Crippen LogP contribution in [0.15, 0.2) is 0 Å². The third-order valence-electron chi connectivity index (χ3n) is 3.30. The number of hydrogen-bond donors (Lipinski definition) is 1. The van der Waals surface area contributed by atoms with Gasteiger partial charge in [-0.1, -0.05) is 0 Å². The minimum atomic E-state index is -0.108. The van der Waals surface area contributed by atoms with Crippen molar-refractivity contribution in [1.29, 1.82) is 5.26 Å². The summed E-state index contributed by atoms with van der Waals surface area (Å²) in [4.78, 5) is 0. The molecule has 78 valence electrons. The number of nitrogens with one attached hydrogen (secondary N) is 1. The maximum Gasteiger partial charge on any atom is 0.0808 e. The molecule has 1 heterocycles. The highest BCUT2D eigenvalue weighted by atomic mass is 16.5. The molecule has 1 aliphatic carbocycles. The van der Waals surface area contributed by atoms with Gasteiger partial charge in [-0.05, 0) is 32.6 Å². The summed E-state index contributed by atoms with van der Waals surface area (Å²) in [6.45, 7) is 3.79. The molecule has 1 aliphatic heterocycles. The van der Waals surface area contributed by atoms with E-state index in [4.69, 9.17) is 10.00 Å². The van der Waals surface area contributed by atoms with Crippen LogP contribution in [0.4, 0.5) is 0 Å². The van der Waals surface area contributed by atoms with Crippen LogP contribution in [0.3, 0.4) is 0 Å². The van der Waals surface area contributed by atoms with E-state index in [1.54, 1.807) is 0 Å². The second kappa shape index (κ2) is 3.88. The molecular weight excluding hydrogens is 176 g/mol. The maximum atomic E-state index is 8.88. The maximum absolute atomic E-state index is 8.88. The second-order valence-electron chi connectivity index (χ2n) is 4.71. The zero-order valence-electron chi connectivity index (χ0n) is 8.75. The van der Waals surface area contributed by atoms with Gasteiger partial charge in [0.15, 0.2) is 0 Å². The molecule has 0 aromatic heterocycles. The summed E-state index contributed by atoms with van der Waals surface area (Å²) < 4.78 is 5.76. The van der Waals surface area contributed by atoms with Crippen LogP contribution in [-0.4, -0.2) is 25.3 Å². The highest BCUT2D eigenvalue weighted by molar-refractivity contribution is 5.09. The predicted molar refractivity (Wildman–Crippen MR) is 53.7 cm³/mol. The van der Waals surface area contributed by atoms with Crippen LogP contribution in [0.5, 0.6) is 0 Å². The highest BCUT2D eigenvalue weighted by Gasteiger charge is 2.44. The van der Waals surface area contributed by atoms with E-state index in [1.165, 1.54) is 6.42 Å². The van der Waals surface area contributed by atoms with Gasteiger partial charge >= 0.3 is 0 Å². The number of piperidine rings is 1. The molecule has 2 unspecified atom stereocenters. The minimum Gasteiger partial charge on any atom is -0.375 e. The lowest BCUT2D eigenvalue weighted by molar-refractivity contribution is 0.0144. The van der Waals surface area contributed by atoms with Crippen LogP contribution in [0.2, 0.25) is 0 Å². The topological polar surface area (TPSA) is 45.0 Å². The SMILES string of the molecule is CC1CCC(OCC2(C#N)CC2)CN1. The lowest BCUT2D eigenvalue weighted by Gasteiger charge is -2.28. The average Bonchev–Trinajstić information content (AvgIpc) is 2.98. The van der Waals surface area contributed by atoms with E-state index in [2.05, 4.69) is 18.3 Å². The van der Waals surface area contributed by atoms with Gasteiger partial charge in [0.2, 0.25) is 0 Å². The van der Waals surface area contributed by atoms with E-state index in [0.717, 1.165) is 25.8 Å². The van der Waals surface area contributed by atoms with Gasteiger partial charge in [-0.2, -0.15) is 5.26 Å². The van der Waals surface area contributed by atoms with Crippen molar-refractivity contribution in [2.24, 2.45) is 5.41 Å². The van der Waals surface area contributed by atoms with E-state index in [9.17, 15) is 0 Å². The van der Waals surface area contributed by atoms with Crippen LogP contribution in [0, 0.1) is 16.7 Å². The standard InChI is InChI=1S/C11H18N2O/c1-9-2-3-10(6-13-9)14-8-11(7-12)4-5-11/h9-10,13H,2-6,8H2,1H3. The summed E-state index contributed by atoms with van der Waals surface area (Å²) in [6, 6.07) is 2.98. The monoisotopic (exact) mass is 194 g/mol. The van der Waals surface area contributed by atoms with Gasteiger partial charge < -0.3 is 10.1 Å². The molecule has 0 aromatic rings. The Balaban J connectivity index is 1.69. The van der Waals surface area contributed by atoms with Crippen molar-refractivity contribution in [3.05, 3.63) is 0 Å². The van der Waals surface area contributed by atoms with Crippen molar-refractivity contribution < 1.29 is 4.74 Å². The molecule has 1 N–H and O–H groups in total. The van der Waals surface area contributed by atoms with Crippen LogP contribution in [0.1, 0.15) is 32.6 Å². The zero-order valence-corrected chi connectivity index (χ0v) is 8.75. The summed E-state index contributed by atoms with van der Waals surface area (Å²) in [5.41, 5.74) is -0.108. The molecule has 0 aromatic carbocycles. The lowest BCUT2D eigenvalue weighted by Crippen LogP contribution is -2.41. The van der Waals surface area contributed by atoms with E-state index in [0.29, 0.717) is 18.8 Å². The zero-order chi connectivity index (χ0) is 10.0. The molecular formula is C11H18N2O. The third-order valence-corrected chi connectivity index (χ3v) is 3.30. The summed E-state index contributed by atoms with van der Waals surface area (Å²) >= 11 is 0. The Labute approximate surface area is 85.4 Å². The molecule has 0 radical (unpaired) electrons. The first-order valence-electron chi connectivity index (χ1n) is 5.50. The van der Waals surface area contributed by atoms with Gasteiger partial charge in [0.25, 0.3) is 0 Å². The Hall–Kier alpha value is -0.590. The van der Waals surface area contributed by atoms with E-state index in [-0.39, 0.29) is 5.41 Å². The number of hydrogen-bond acceptors (Lipinski definition) is 3. The van der Waals surface area contributed by atoms with Crippen molar-refractivity contribution in [3.8, 4) is 6.07 Å². The normalized spacial score (nSPS) is 34.9. The molecule has 3 heteroatoms. The molecule has 2 fully saturated rings. The molecule has 3 nitrogen and oxygen atoms in total. The van der Waals surface area contributed by atoms with Gasteiger partial charge in [0, 0.05) is 12.6 Å². The number of nitriles is 1. The second-order valence-corrected chi connectivity index (χ2v) is 4.71. The Morgan fingerprint density at radius 2 is 2.29 bits per heavy atom. The summed E-state index contributed by atoms with van der Waals surface area (Å²) in [5.74, 6) is 0. The molecule has 0 amide bonds. The Bertz CT molecular complexity index is 234. The van der Waals surface area contributed by atoms with E-state index < -0.39 is 0 Å². The van der Waals surface area contributed by atoms with E-state index in [1.807, 2.05) is 0 Å². The number of rotatable bonds is 3. The Morgan fingerprint density at radius 1 is 1.50 bits per heavy atom. The molecule has 0 bridgehead atoms. The molecule has 2 rings (SSSR count). The fraction of sp³-hybridized carbons (Fsp3) is 0.909. The highest BCUT2D eigenvalue weighted by Crippen LogP contribution is 2.45. The van der Waals surface area contributed by atoms with Crippen LogP contribution in [0.25, 0.3) is 0 Å². The summed E-state index contributed by atoms with van der Waals surface area (Å²) in [6.07, 6.45) is 4.71. The molecule has 2 aliphatic rings. The van der Waals surface area contributed by atoms with Crippen molar-refractivity contribution in [1.82, 2.24) is 5.32 Å². The summed E-state index contributed by atoms with van der Waals surface area (Å²) in [7, 11) is 0. The first kappa shape index (κ1) is 9.95. The first-order valence-corrected chi connectivity index (χ1v) is 5.50. The Kier molecular flexibility index (Phi) is 2.76. The quantitative estimate of drug-likeness (QED) is 0.739. The van der Waals surface area contributed by atoms with Crippen molar-refractivity contribution in [3.63, 3.8) is 0 Å². The fourth-order valence-corrected chi connectivity index (χ4v) is 1.83. The van der Waals surface area contributed by atoms with Gasteiger partial charge in [-0.3, -0.25) is 0 Å². The van der Waals surface area contributed by atoms with Crippen LogP contribution in [-0.2, 0) is 4.74 Å². The van der Waals surface area contributed by atoms with Gasteiger partial charge in [-0.15, -0.1) is 0 Å². The van der Waals surface area contributed by atoms with Crippen molar-refractivity contribution >= 4 is 0 Å². The van der Waals surface area contributed by atoms with Crippen molar-refractivity contribution in [2.45, 2.75) is 44.8 Å². The molecule has 0 spiro atoms. The lowest BCUT2D eigenvalue weighted by atomic mass is 10.0. The minimum absolute atomic E-state index is 0.108. The van der Waals surface area contributed by atoms with E-state index >= 15 is 0 Å². The Morgan fingerprint density at radius 3 is 2.79 bits per heavy atom. The van der Waals surface area contributed by atoms with Gasteiger partial charge in [0.05, 0.1) is 24.2 Å². The largest absolute Gasteiger partial charge is 0.375 e. The van der Waals surface area contributed by atoms with Crippen LogP contribution < -0.4 is 5.32 Å². The van der Waals surface area contributed by atoms with Gasteiger partial charge in [-0.25, -0.2) is 0 Å². The third kappa shape index (κ3) is 2.26. The molecule has 1 saturated heterocycles. The van der Waals surface area contributed by atoms with Crippen molar-refractivity contribution in [2.75, 3.05) is 13.2 Å². The summed E-state index contributed by atoms with van der Waals surface area (Å²) in [5, 5.41) is 12.3. The van der Waals surface area contributed by atoms with Crippen LogP contribution >= 0.6 is 0 Å². The number of ether oxygens (including phenoxy) is 1. The molecule has 2 atom stereocenters. The average molecular weight is 194 g/mol. The van der Waals surface area contributed by atoms with Gasteiger partial charge in [0.1, 0.15) is 0 Å². The molecule has 14 heavy (non-hydrogen) atoms. The predicted octanol–water partition coefficient (Wildman–Crippen LogP) is 1.45. The fourth-order valence-electron chi connectivity index (χ4n) is 1.83.